The number of anilines is 1. The number of benzene rings is 2. The number of alkyl halides is 3. The maximum absolute atomic E-state index is 13.6. The molecule has 1 aliphatic heterocycles. The lowest BCUT2D eigenvalue weighted by molar-refractivity contribution is -0.114. The van der Waals surface area contributed by atoms with E-state index < -0.39 is 41.0 Å². The van der Waals surface area contributed by atoms with Crippen LogP contribution < -0.4 is 20.5 Å². The van der Waals surface area contributed by atoms with E-state index in [1.54, 1.807) is 12.1 Å². The highest BCUT2D eigenvalue weighted by Gasteiger charge is 2.54. The minimum Gasteiger partial charge on any atom is -0.497 e. The second-order valence-electron chi connectivity index (χ2n) is 8.58. The van der Waals surface area contributed by atoms with Crippen molar-refractivity contribution < 1.29 is 37.4 Å². The summed E-state index contributed by atoms with van der Waals surface area (Å²) in [4.78, 5) is 38.6. The Kier molecular flexibility index (Phi) is 6.55. The number of fused-ring (bicyclic) bond motifs is 1. The largest absolute Gasteiger partial charge is 0.497 e. The predicted octanol–water partition coefficient (Wildman–Crippen LogP) is 3.99. The summed E-state index contributed by atoms with van der Waals surface area (Å²) in [5, 5.41) is 9.36. The third kappa shape index (κ3) is 4.80. The van der Waals surface area contributed by atoms with E-state index in [4.69, 9.17) is 4.74 Å². The first-order valence-corrected chi connectivity index (χ1v) is 11.0. The maximum Gasteiger partial charge on any atom is 0.416 e. The van der Waals surface area contributed by atoms with Crippen molar-refractivity contribution >= 4 is 23.5 Å². The summed E-state index contributed by atoms with van der Waals surface area (Å²) in [7, 11) is 1.49. The SMILES string of the molecule is COc1ccc(C(=O)NN/C=C2\C(=O)N(c3cccc(C(=O)O)c3)C3(C)C=C(C(F)(F)F)C=CC23)cc1. The molecule has 8 nitrogen and oxygen atoms in total. The molecule has 192 valence electrons. The monoisotopic (exact) mass is 513 g/mol. The van der Waals surface area contributed by atoms with Crippen molar-refractivity contribution in [3.63, 3.8) is 0 Å². The Bertz CT molecular complexity index is 1350. The van der Waals surface area contributed by atoms with Gasteiger partial charge in [0.25, 0.3) is 11.8 Å². The number of hydrogen-bond donors (Lipinski definition) is 3. The minimum atomic E-state index is -4.65. The first kappa shape index (κ1) is 25.5. The molecule has 2 unspecified atom stereocenters. The average molecular weight is 513 g/mol. The molecule has 3 N–H and O–H groups in total. The van der Waals surface area contributed by atoms with E-state index in [0.717, 1.165) is 17.1 Å². The fourth-order valence-electron chi connectivity index (χ4n) is 4.45. The molecule has 0 bridgehead atoms. The van der Waals surface area contributed by atoms with Crippen molar-refractivity contribution in [1.82, 2.24) is 10.9 Å². The number of carbonyl (C=O) groups is 3. The van der Waals surface area contributed by atoms with Gasteiger partial charge in [-0.1, -0.05) is 18.2 Å². The van der Waals surface area contributed by atoms with Gasteiger partial charge in [-0.3, -0.25) is 19.9 Å². The molecule has 2 atom stereocenters. The van der Waals surface area contributed by atoms with E-state index in [2.05, 4.69) is 10.9 Å². The lowest BCUT2D eigenvalue weighted by atomic mass is 9.78. The molecule has 2 aromatic rings. The number of nitrogens with zero attached hydrogens (tertiary/aromatic N) is 1. The molecule has 11 heteroatoms. The molecule has 2 amide bonds. The maximum atomic E-state index is 13.6. The number of allylic oxidation sites excluding steroid dienone is 2. The van der Waals surface area contributed by atoms with Gasteiger partial charge in [-0.2, -0.15) is 13.2 Å². The van der Waals surface area contributed by atoms with Crippen molar-refractivity contribution in [2.45, 2.75) is 18.6 Å². The smallest absolute Gasteiger partial charge is 0.416 e. The number of amides is 2. The van der Waals surface area contributed by atoms with Crippen molar-refractivity contribution in [2.75, 3.05) is 12.0 Å². The molecule has 1 fully saturated rings. The summed E-state index contributed by atoms with van der Waals surface area (Å²) in [6.07, 6.45) is -0.287. The summed E-state index contributed by atoms with van der Waals surface area (Å²) in [5.41, 5.74) is 2.94. The van der Waals surface area contributed by atoms with Gasteiger partial charge in [-0.05, 0) is 55.5 Å². The fourth-order valence-corrected chi connectivity index (χ4v) is 4.45. The zero-order valence-corrected chi connectivity index (χ0v) is 19.7. The topological polar surface area (TPSA) is 108 Å². The standard InChI is InChI=1S/C26H22F3N3O5/c1-25-13-17(26(27,28)29)8-11-21(25)20(14-30-31-22(33)15-6-9-19(37-2)10-7-15)23(34)32(25)18-5-3-4-16(12-18)24(35)36/h3-14,21,30H,1-2H3,(H,31,33)(H,35,36)/b20-14-. The van der Waals surface area contributed by atoms with Gasteiger partial charge in [0.15, 0.2) is 0 Å². The van der Waals surface area contributed by atoms with Crippen LogP contribution in [0.1, 0.15) is 27.6 Å². The molecule has 1 heterocycles. The first-order chi connectivity index (χ1) is 17.5. The van der Waals surface area contributed by atoms with Gasteiger partial charge in [0, 0.05) is 28.9 Å². The summed E-state index contributed by atoms with van der Waals surface area (Å²) >= 11 is 0. The minimum absolute atomic E-state index is 0.0759. The highest BCUT2D eigenvalue weighted by atomic mass is 19.4. The third-order valence-corrected chi connectivity index (χ3v) is 6.26. The average Bonchev–Trinajstić information content (AvgIpc) is 3.08. The van der Waals surface area contributed by atoms with Crippen molar-refractivity contribution in [3.05, 3.63) is 95.2 Å². The third-order valence-electron chi connectivity index (χ3n) is 6.26. The van der Waals surface area contributed by atoms with Crippen molar-refractivity contribution in [1.29, 1.82) is 0 Å². The van der Waals surface area contributed by atoms with E-state index in [1.807, 2.05) is 0 Å². The number of hydrazine groups is 1. The van der Waals surface area contributed by atoms with E-state index >= 15 is 0 Å². The lowest BCUT2D eigenvalue weighted by Gasteiger charge is -2.38. The van der Waals surface area contributed by atoms with Crippen molar-refractivity contribution in [3.8, 4) is 5.75 Å². The van der Waals surface area contributed by atoms with Crippen LogP contribution in [0.4, 0.5) is 18.9 Å². The number of carbonyl (C=O) groups excluding carboxylic acids is 2. The number of halogens is 3. The molecule has 37 heavy (non-hydrogen) atoms. The highest BCUT2D eigenvalue weighted by molar-refractivity contribution is 6.11. The number of carboxylic acid groups (broad SMARTS) is 1. The second kappa shape index (κ2) is 9.49. The molecule has 0 radical (unpaired) electrons. The number of rotatable bonds is 6. The number of hydrogen-bond acceptors (Lipinski definition) is 5. The Balaban J connectivity index is 1.67. The molecular weight excluding hydrogens is 491 g/mol. The van der Waals surface area contributed by atoms with Gasteiger partial charge >= 0.3 is 12.1 Å². The van der Waals surface area contributed by atoms with Crippen LogP contribution in [0, 0.1) is 5.92 Å². The van der Waals surface area contributed by atoms with Crippen LogP contribution >= 0.6 is 0 Å². The van der Waals surface area contributed by atoms with E-state index in [9.17, 15) is 32.7 Å². The molecule has 0 aromatic heterocycles. The van der Waals surface area contributed by atoms with Crippen LogP contribution in [0.15, 0.2) is 84.1 Å². The number of ether oxygens (including phenoxy) is 1. The van der Waals surface area contributed by atoms with Crippen LogP contribution in [0.5, 0.6) is 5.75 Å². The highest BCUT2D eigenvalue weighted by Crippen LogP contribution is 2.48. The Hall–Kier alpha value is -4.54. The van der Waals surface area contributed by atoms with Gasteiger partial charge in [0.2, 0.25) is 0 Å². The van der Waals surface area contributed by atoms with Crippen LogP contribution in [0.25, 0.3) is 0 Å². The molecule has 0 saturated carbocycles. The van der Waals surface area contributed by atoms with Crippen LogP contribution in [0.3, 0.4) is 0 Å². The molecule has 4 rings (SSSR count). The number of aromatic carboxylic acids is 1. The van der Waals surface area contributed by atoms with Crippen LogP contribution in [-0.4, -0.2) is 41.7 Å². The number of carboxylic acids is 1. The molecule has 0 spiro atoms. The molecule has 1 aliphatic carbocycles. The quantitative estimate of drug-likeness (QED) is 0.398. The van der Waals surface area contributed by atoms with E-state index in [0.29, 0.717) is 11.3 Å². The Morgan fingerprint density at radius 2 is 1.84 bits per heavy atom. The Morgan fingerprint density at radius 1 is 1.14 bits per heavy atom. The summed E-state index contributed by atoms with van der Waals surface area (Å²) in [6, 6.07) is 11.7. The first-order valence-electron chi connectivity index (χ1n) is 11.0. The molecule has 1 saturated heterocycles. The van der Waals surface area contributed by atoms with E-state index in [1.165, 1.54) is 62.7 Å². The summed E-state index contributed by atoms with van der Waals surface area (Å²) in [6.45, 7) is 1.47. The Labute approximate surface area is 209 Å². The molecule has 2 aliphatic rings. The van der Waals surface area contributed by atoms with Gasteiger partial charge in [0.05, 0.1) is 23.8 Å². The Morgan fingerprint density at radius 3 is 2.46 bits per heavy atom. The zero-order chi connectivity index (χ0) is 27.0. The van der Waals surface area contributed by atoms with Gasteiger partial charge < -0.3 is 15.3 Å². The van der Waals surface area contributed by atoms with Crippen LogP contribution in [-0.2, 0) is 4.79 Å². The van der Waals surface area contributed by atoms with Gasteiger partial charge in [-0.15, -0.1) is 0 Å². The zero-order valence-electron chi connectivity index (χ0n) is 19.7. The fraction of sp³-hybridized carbons (Fsp3) is 0.192. The number of nitrogens with one attached hydrogen (secondary N) is 2. The summed E-state index contributed by atoms with van der Waals surface area (Å²) in [5.74, 6) is -2.68. The van der Waals surface area contributed by atoms with Crippen molar-refractivity contribution in [2.24, 2.45) is 5.92 Å². The van der Waals surface area contributed by atoms with Crippen LogP contribution in [0.2, 0.25) is 0 Å². The predicted molar refractivity (Wildman–Crippen MR) is 128 cm³/mol. The van der Waals surface area contributed by atoms with E-state index in [-0.39, 0.29) is 16.8 Å². The summed E-state index contributed by atoms with van der Waals surface area (Å²) < 4.78 is 45.8. The van der Waals surface area contributed by atoms with Gasteiger partial charge in [-0.25, -0.2) is 4.79 Å². The number of methoxy groups -OCH3 is 1. The normalized spacial score (nSPS) is 21.9. The lowest BCUT2D eigenvalue weighted by Crippen LogP contribution is -2.47. The van der Waals surface area contributed by atoms with Gasteiger partial charge in [0.1, 0.15) is 5.75 Å². The molecule has 2 aromatic carbocycles. The molecular formula is C26H22F3N3O5. The second-order valence-corrected chi connectivity index (χ2v) is 8.58.